The van der Waals surface area contributed by atoms with Gasteiger partial charge in [-0.3, -0.25) is 14.9 Å². The van der Waals surface area contributed by atoms with Crippen LogP contribution < -0.4 is 4.74 Å². The third kappa shape index (κ3) is 3.87. The van der Waals surface area contributed by atoms with Gasteiger partial charge in [0.2, 0.25) is 5.75 Å². The summed E-state index contributed by atoms with van der Waals surface area (Å²) in [5, 5.41) is 12.1. The lowest BCUT2D eigenvalue weighted by Crippen LogP contribution is -2.50. The maximum absolute atomic E-state index is 13.8. The van der Waals surface area contributed by atoms with E-state index >= 15 is 0 Å². The van der Waals surface area contributed by atoms with E-state index in [1.165, 1.54) is 6.07 Å². The minimum atomic E-state index is -0.785. The molecule has 1 atom stereocenters. The molecule has 1 fully saturated rings. The Hall–Kier alpha value is -2.44. The largest absolute Gasteiger partial charge is 0.485 e. The zero-order chi connectivity index (χ0) is 20.6. The van der Waals surface area contributed by atoms with E-state index in [0.717, 1.165) is 31.5 Å². The Morgan fingerprint density at radius 3 is 2.55 bits per heavy atom. The summed E-state index contributed by atoms with van der Waals surface area (Å²) >= 11 is 6.02. The molecule has 0 radical (unpaired) electrons. The van der Waals surface area contributed by atoms with E-state index in [1.807, 2.05) is 24.3 Å². The molecule has 0 amide bonds. The number of hydrogen-bond donors (Lipinski definition) is 0. The predicted octanol–water partition coefficient (Wildman–Crippen LogP) is 4.46. The minimum Gasteiger partial charge on any atom is -0.485 e. The normalized spacial score (nSPS) is 21.7. The number of benzene rings is 2. The fraction of sp³-hybridized carbons (Fsp3) is 0.409. The summed E-state index contributed by atoms with van der Waals surface area (Å²) in [6.07, 6.45) is 2.74. The number of nitro groups is 1. The van der Waals surface area contributed by atoms with E-state index in [0.29, 0.717) is 29.1 Å². The Bertz CT molecular complexity index is 954. The maximum atomic E-state index is 13.8. The third-order valence-corrected chi connectivity index (χ3v) is 6.06. The number of nitrogens with zero attached hydrogens (tertiary/aromatic N) is 2. The van der Waals surface area contributed by atoms with Crippen molar-refractivity contribution in [3.63, 3.8) is 0 Å². The number of halogens is 1. The number of ketones is 1. The van der Waals surface area contributed by atoms with Crippen molar-refractivity contribution in [2.24, 2.45) is 5.41 Å². The molecule has 2 aliphatic heterocycles. The molecule has 4 rings (SSSR count). The van der Waals surface area contributed by atoms with Gasteiger partial charge in [-0.15, -0.1) is 0 Å². The van der Waals surface area contributed by atoms with Gasteiger partial charge in [0.25, 0.3) is 0 Å². The molecule has 6 nitrogen and oxygen atoms in total. The molecule has 2 heterocycles. The molecule has 0 aliphatic carbocycles. The summed E-state index contributed by atoms with van der Waals surface area (Å²) in [6.45, 7) is 4.38. The van der Waals surface area contributed by atoms with Crippen LogP contribution in [0.5, 0.6) is 5.75 Å². The molecule has 0 saturated carbocycles. The number of hydrogen-bond acceptors (Lipinski definition) is 5. The molecule has 1 unspecified atom stereocenters. The van der Waals surface area contributed by atoms with E-state index in [2.05, 4.69) is 4.90 Å². The van der Waals surface area contributed by atoms with Gasteiger partial charge in [-0.25, -0.2) is 0 Å². The molecule has 2 aliphatic rings. The Labute approximate surface area is 174 Å². The number of rotatable bonds is 5. The Balaban J connectivity index is 1.76. The maximum Gasteiger partial charge on any atom is 0.311 e. The molecule has 2 aromatic rings. The standard InChI is InChI=1S/C22H23ClN2O4/c1-15-10-18-20(19(11-15)25(27)28)29-14-22(21(18)26,13-24-8-2-3-9-24)12-16-4-6-17(23)7-5-16/h4-7,10-11H,2-3,8-9,12-14H2,1H3. The first-order valence-corrected chi connectivity index (χ1v) is 10.2. The van der Waals surface area contributed by atoms with Gasteiger partial charge in [-0.2, -0.15) is 0 Å². The Kier molecular flexibility index (Phi) is 5.32. The minimum absolute atomic E-state index is 0.0765. The molecular weight excluding hydrogens is 392 g/mol. The van der Waals surface area contributed by atoms with Gasteiger partial charge >= 0.3 is 5.69 Å². The van der Waals surface area contributed by atoms with Crippen molar-refractivity contribution in [3.8, 4) is 5.75 Å². The van der Waals surface area contributed by atoms with E-state index in [1.54, 1.807) is 13.0 Å². The van der Waals surface area contributed by atoms with Crippen LogP contribution in [0.3, 0.4) is 0 Å². The van der Waals surface area contributed by atoms with Crippen LogP contribution >= 0.6 is 11.6 Å². The molecule has 7 heteroatoms. The fourth-order valence-corrected chi connectivity index (χ4v) is 4.56. The molecule has 29 heavy (non-hydrogen) atoms. The van der Waals surface area contributed by atoms with Crippen LogP contribution in [0, 0.1) is 22.5 Å². The second-order valence-electron chi connectivity index (χ2n) is 8.10. The van der Waals surface area contributed by atoms with Crippen LogP contribution in [0.4, 0.5) is 5.69 Å². The van der Waals surface area contributed by atoms with Crippen molar-refractivity contribution in [1.82, 2.24) is 4.90 Å². The second-order valence-corrected chi connectivity index (χ2v) is 8.54. The number of nitro benzene ring substituents is 1. The van der Waals surface area contributed by atoms with Gasteiger partial charge in [-0.05, 0) is 68.6 Å². The average molecular weight is 415 g/mol. The topological polar surface area (TPSA) is 72.7 Å². The van der Waals surface area contributed by atoms with E-state index in [9.17, 15) is 14.9 Å². The molecule has 0 N–H and O–H groups in total. The smallest absolute Gasteiger partial charge is 0.311 e. The first kappa shape index (κ1) is 19.9. The summed E-state index contributed by atoms with van der Waals surface area (Å²) < 4.78 is 5.95. The van der Waals surface area contributed by atoms with Crippen molar-refractivity contribution in [1.29, 1.82) is 0 Å². The number of likely N-dealkylation sites (tertiary alicyclic amines) is 1. The highest BCUT2D eigenvalue weighted by molar-refractivity contribution is 6.30. The van der Waals surface area contributed by atoms with Crippen LogP contribution in [0.2, 0.25) is 5.02 Å². The fourth-order valence-electron chi connectivity index (χ4n) is 4.44. The van der Waals surface area contributed by atoms with Gasteiger partial charge in [0.15, 0.2) is 5.78 Å². The van der Waals surface area contributed by atoms with E-state index in [4.69, 9.17) is 16.3 Å². The lowest BCUT2D eigenvalue weighted by Gasteiger charge is -2.39. The number of fused-ring (bicyclic) bond motifs is 1. The van der Waals surface area contributed by atoms with Crippen molar-refractivity contribution in [3.05, 3.63) is 68.2 Å². The van der Waals surface area contributed by atoms with Gasteiger partial charge in [0, 0.05) is 17.6 Å². The number of aryl methyl sites for hydroxylation is 1. The highest BCUT2D eigenvalue weighted by atomic mass is 35.5. The van der Waals surface area contributed by atoms with E-state index < -0.39 is 10.3 Å². The summed E-state index contributed by atoms with van der Waals surface area (Å²) in [5.41, 5.74) is 1.06. The summed E-state index contributed by atoms with van der Waals surface area (Å²) in [7, 11) is 0. The molecule has 1 saturated heterocycles. The molecular formula is C22H23ClN2O4. The highest BCUT2D eigenvalue weighted by Gasteiger charge is 2.47. The Morgan fingerprint density at radius 1 is 1.21 bits per heavy atom. The lowest BCUT2D eigenvalue weighted by molar-refractivity contribution is -0.386. The van der Waals surface area contributed by atoms with E-state index in [-0.39, 0.29) is 23.8 Å². The quantitative estimate of drug-likeness (QED) is 0.533. The average Bonchev–Trinajstić information content (AvgIpc) is 3.19. The number of carbonyl (C=O) groups is 1. The van der Waals surface area contributed by atoms with Crippen LogP contribution in [-0.2, 0) is 6.42 Å². The van der Waals surface area contributed by atoms with Gasteiger partial charge < -0.3 is 9.64 Å². The molecule has 152 valence electrons. The van der Waals surface area contributed by atoms with Gasteiger partial charge in [0.1, 0.15) is 6.61 Å². The Morgan fingerprint density at radius 2 is 1.90 bits per heavy atom. The zero-order valence-electron chi connectivity index (χ0n) is 16.3. The molecule has 2 aromatic carbocycles. The van der Waals surface area contributed by atoms with Gasteiger partial charge in [0.05, 0.1) is 15.9 Å². The van der Waals surface area contributed by atoms with Crippen LogP contribution in [0.25, 0.3) is 0 Å². The zero-order valence-corrected chi connectivity index (χ0v) is 17.1. The first-order chi connectivity index (χ1) is 13.9. The van der Waals surface area contributed by atoms with Crippen molar-refractivity contribution in [2.45, 2.75) is 26.2 Å². The monoisotopic (exact) mass is 414 g/mol. The third-order valence-electron chi connectivity index (χ3n) is 5.81. The molecule has 0 bridgehead atoms. The SMILES string of the molecule is Cc1cc2c(c([N+](=O)[O-])c1)OCC(Cc1ccc(Cl)cc1)(CN1CCCC1)C2=O. The first-order valence-electron chi connectivity index (χ1n) is 9.81. The summed E-state index contributed by atoms with van der Waals surface area (Å²) in [6, 6.07) is 10.7. The number of carbonyl (C=O) groups excluding carboxylic acids is 1. The van der Waals surface area contributed by atoms with Crippen LogP contribution in [-0.4, -0.2) is 41.8 Å². The number of Topliss-reactive ketones (excluding diaryl/α,β-unsaturated/α-hetero) is 1. The number of ether oxygens (including phenoxy) is 1. The summed E-state index contributed by atoms with van der Waals surface area (Å²) in [4.78, 5) is 27.1. The van der Waals surface area contributed by atoms with Crippen molar-refractivity contribution in [2.75, 3.05) is 26.2 Å². The van der Waals surface area contributed by atoms with Crippen LogP contribution in [0.15, 0.2) is 36.4 Å². The predicted molar refractivity (Wildman–Crippen MR) is 111 cm³/mol. The molecule has 0 spiro atoms. The van der Waals surface area contributed by atoms with Gasteiger partial charge in [-0.1, -0.05) is 23.7 Å². The van der Waals surface area contributed by atoms with Crippen LogP contribution in [0.1, 0.15) is 34.3 Å². The highest BCUT2D eigenvalue weighted by Crippen LogP contribution is 2.43. The summed E-state index contributed by atoms with van der Waals surface area (Å²) in [5.74, 6) is 0.0196. The van der Waals surface area contributed by atoms with Crippen molar-refractivity contribution < 1.29 is 14.5 Å². The second kappa shape index (κ2) is 7.76. The molecule has 0 aromatic heterocycles. The van der Waals surface area contributed by atoms with Crippen molar-refractivity contribution >= 4 is 23.1 Å². The lowest BCUT2D eigenvalue weighted by atomic mass is 9.73.